The van der Waals surface area contributed by atoms with Crippen molar-refractivity contribution in [3.63, 3.8) is 0 Å². The fourth-order valence-corrected chi connectivity index (χ4v) is 2.69. The fourth-order valence-electron chi connectivity index (χ4n) is 2.57. The molecule has 0 bridgehead atoms. The molecule has 0 saturated heterocycles. The van der Waals surface area contributed by atoms with E-state index in [1.165, 1.54) is 18.3 Å². The maximum absolute atomic E-state index is 13.8. The fraction of sp³-hybridized carbons (Fsp3) is 0.0476. The Hall–Kier alpha value is -3.78. The first kappa shape index (κ1) is 20.9. The third-order valence-corrected chi connectivity index (χ3v) is 4.35. The molecule has 2 amide bonds. The van der Waals surface area contributed by atoms with Crippen molar-refractivity contribution in [2.45, 2.75) is 0 Å². The number of halogens is 2. The van der Waals surface area contributed by atoms with Crippen LogP contribution in [0.1, 0.15) is 26.3 Å². The molecule has 152 valence electrons. The zero-order chi connectivity index (χ0) is 21.7. The summed E-state index contributed by atoms with van der Waals surface area (Å²) in [6.45, 7) is 0. The van der Waals surface area contributed by atoms with E-state index in [0.29, 0.717) is 16.1 Å². The van der Waals surface area contributed by atoms with Crippen molar-refractivity contribution < 1.29 is 14.0 Å². The maximum atomic E-state index is 13.8. The Kier molecular flexibility index (Phi) is 6.38. The summed E-state index contributed by atoms with van der Waals surface area (Å²) >= 11 is 5.77. The number of nitrogens with zero attached hydrogens (tertiary/aromatic N) is 1. The molecule has 0 spiro atoms. The van der Waals surface area contributed by atoms with Crippen LogP contribution in [0.4, 0.5) is 15.9 Å². The minimum Gasteiger partial charge on any atom is -0.373 e. The first-order chi connectivity index (χ1) is 14.4. The van der Waals surface area contributed by atoms with Crippen LogP contribution in [0.25, 0.3) is 0 Å². The molecule has 0 atom stereocenters. The first-order valence-electron chi connectivity index (χ1n) is 8.78. The SMILES string of the molecule is CNC(=N)c1ccc(C(=O)Nc2ccc(F)cc2C(=O)Nc2ccc(Cl)cn2)cc1. The van der Waals surface area contributed by atoms with Crippen molar-refractivity contribution in [2.75, 3.05) is 17.7 Å². The molecule has 30 heavy (non-hydrogen) atoms. The van der Waals surface area contributed by atoms with Gasteiger partial charge in [0.05, 0.1) is 16.3 Å². The molecule has 3 aromatic rings. The number of nitrogens with one attached hydrogen (secondary N) is 4. The van der Waals surface area contributed by atoms with Gasteiger partial charge in [0.2, 0.25) is 0 Å². The molecule has 4 N–H and O–H groups in total. The molecule has 0 unspecified atom stereocenters. The number of anilines is 2. The molecule has 0 aliphatic carbocycles. The van der Waals surface area contributed by atoms with Crippen LogP contribution in [0.5, 0.6) is 0 Å². The van der Waals surface area contributed by atoms with Gasteiger partial charge in [-0.15, -0.1) is 0 Å². The molecule has 0 radical (unpaired) electrons. The number of hydrogen-bond acceptors (Lipinski definition) is 4. The van der Waals surface area contributed by atoms with Crippen LogP contribution in [-0.4, -0.2) is 29.7 Å². The van der Waals surface area contributed by atoms with E-state index in [0.717, 1.165) is 12.1 Å². The van der Waals surface area contributed by atoms with Crippen LogP contribution >= 0.6 is 11.6 Å². The van der Waals surface area contributed by atoms with Crippen molar-refractivity contribution in [2.24, 2.45) is 0 Å². The third kappa shape index (κ3) is 4.98. The van der Waals surface area contributed by atoms with Gasteiger partial charge in [-0.25, -0.2) is 9.37 Å². The van der Waals surface area contributed by atoms with Crippen LogP contribution in [-0.2, 0) is 0 Å². The van der Waals surface area contributed by atoms with E-state index >= 15 is 0 Å². The van der Waals surface area contributed by atoms with Gasteiger partial charge < -0.3 is 16.0 Å². The lowest BCUT2D eigenvalue weighted by molar-refractivity contribution is 0.102. The Morgan fingerprint density at radius 3 is 2.30 bits per heavy atom. The summed E-state index contributed by atoms with van der Waals surface area (Å²) in [6, 6.07) is 12.9. The molecule has 1 heterocycles. The van der Waals surface area contributed by atoms with Crippen LogP contribution in [0.15, 0.2) is 60.8 Å². The highest BCUT2D eigenvalue weighted by atomic mass is 35.5. The molecular formula is C21H17ClFN5O2. The normalized spacial score (nSPS) is 10.2. The number of benzene rings is 2. The minimum atomic E-state index is -0.641. The van der Waals surface area contributed by atoms with Crippen LogP contribution in [0.3, 0.4) is 0 Å². The van der Waals surface area contributed by atoms with Gasteiger partial charge >= 0.3 is 0 Å². The number of aromatic nitrogens is 1. The molecule has 9 heteroatoms. The van der Waals surface area contributed by atoms with Crippen molar-refractivity contribution in [3.05, 3.63) is 88.3 Å². The highest BCUT2D eigenvalue weighted by Crippen LogP contribution is 2.20. The van der Waals surface area contributed by atoms with E-state index in [4.69, 9.17) is 17.0 Å². The Labute approximate surface area is 176 Å². The lowest BCUT2D eigenvalue weighted by Crippen LogP contribution is -2.20. The Balaban J connectivity index is 1.80. The van der Waals surface area contributed by atoms with Crippen molar-refractivity contribution >= 4 is 40.8 Å². The number of amidine groups is 1. The molecule has 0 fully saturated rings. The monoisotopic (exact) mass is 425 g/mol. The van der Waals surface area contributed by atoms with Gasteiger partial charge in [0.1, 0.15) is 17.5 Å². The molecule has 0 aliphatic rings. The molecular weight excluding hydrogens is 409 g/mol. The highest BCUT2D eigenvalue weighted by Gasteiger charge is 2.16. The van der Waals surface area contributed by atoms with Gasteiger partial charge in [-0.05, 0) is 42.5 Å². The maximum Gasteiger partial charge on any atom is 0.259 e. The Morgan fingerprint density at radius 1 is 0.967 bits per heavy atom. The molecule has 0 saturated carbocycles. The Bertz CT molecular complexity index is 1100. The summed E-state index contributed by atoms with van der Waals surface area (Å²) in [4.78, 5) is 29.2. The summed E-state index contributed by atoms with van der Waals surface area (Å²) in [5, 5.41) is 16.0. The zero-order valence-corrected chi connectivity index (χ0v) is 16.5. The van der Waals surface area contributed by atoms with Gasteiger partial charge in [0.15, 0.2) is 0 Å². The van der Waals surface area contributed by atoms with Crippen LogP contribution in [0, 0.1) is 11.2 Å². The highest BCUT2D eigenvalue weighted by molar-refractivity contribution is 6.30. The quantitative estimate of drug-likeness (QED) is 0.367. The van der Waals surface area contributed by atoms with E-state index in [9.17, 15) is 14.0 Å². The van der Waals surface area contributed by atoms with E-state index in [-0.39, 0.29) is 22.9 Å². The van der Waals surface area contributed by atoms with Gasteiger partial charge in [0.25, 0.3) is 11.8 Å². The molecule has 3 rings (SSSR count). The average molecular weight is 426 g/mol. The van der Waals surface area contributed by atoms with Crippen LogP contribution < -0.4 is 16.0 Å². The lowest BCUT2D eigenvalue weighted by atomic mass is 10.1. The Morgan fingerprint density at radius 2 is 1.67 bits per heavy atom. The second-order valence-electron chi connectivity index (χ2n) is 6.16. The van der Waals surface area contributed by atoms with Gasteiger partial charge in [-0.1, -0.05) is 23.7 Å². The van der Waals surface area contributed by atoms with Crippen molar-refractivity contribution in [1.29, 1.82) is 5.41 Å². The van der Waals surface area contributed by atoms with Gasteiger partial charge in [-0.2, -0.15) is 0 Å². The second-order valence-corrected chi connectivity index (χ2v) is 6.60. The molecule has 7 nitrogen and oxygen atoms in total. The molecule has 2 aromatic carbocycles. The third-order valence-electron chi connectivity index (χ3n) is 4.13. The number of pyridine rings is 1. The predicted molar refractivity (Wildman–Crippen MR) is 114 cm³/mol. The van der Waals surface area contributed by atoms with Gasteiger partial charge in [-0.3, -0.25) is 15.0 Å². The number of amides is 2. The summed E-state index contributed by atoms with van der Waals surface area (Å²) in [5.74, 6) is -1.30. The number of rotatable bonds is 5. The predicted octanol–water partition coefficient (Wildman–Crippen LogP) is 3.92. The summed E-state index contributed by atoms with van der Waals surface area (Å²) in [5.41, 5.74) is 1.01. The summed E-state index contributed by atoms with van der Waals surface area (Å²) < 4.78 is 13.8. The van der Waals surface area contributed by atoms with E-state index < -0.39 is 17.6 Å². The summed E-state index contributed by atoms with van der Waals surface area (Å²) in [7, 11) is 1.63. The smallest absolute Gasteiger partial charge is 0.259 e. The lowest BCUT2D eigenvalue weighted by Gasteiger charge is -2.12. The number of carbonyl (C=O) groups excluding carboxylic acids is 2. The largest absolute Gasteiger partial charge is 0.373 e. The second kappa shape index (κ2) is 9.15. The van der Waals surface area contributed by atoms with E-state index in [2.05, 4.69) is 20.9 Å². The minimum absolute atomic E-state index is 0.0614. The zero-order valence-electron chi connectivity index (χ0n) is 15.8. The van der Waals surface area contributed by atoms with Crippen molar-refractivity contribution in [3.8, 4) is 0 Å². The first-order valence-corrected chi connectivity index (χ1v) is 9.15. The van der Waals surface area contributed by atoms with Crippen molar-refractivity contribution in [1.82, 2.24) is 10.3 Å². The number of carbonyl (C=O) groups is 2. The number of hydrogen-bond donors (Lipinski definition) is 4. The molecule has 0 aliphatic heterocycles. The van der Waals surface area contributed by atoms with E-state index in [1.807, 2.05) is 0 Å². The standard InChI is InChI=1S/C21H17ClFN5O2/c1-25-19(24)12-2-4-13(5-3-12)20(29)27-17-8-7-15(23)10-16(17)21(30)28-18-9-6-14(22)11-26-18/h2-11H,1H3,(H2,24,25)(H,27,29)(H,26,28,30). The topological polar surface area (TPSA) is 107 Å². The summed E-state index contributed by atoms with van der Waals surface area (Å²) in [6.07, 6.45) is 1.36. The average Bonchev–Trinajstić information content (AvgIpc) is 2.76. The van der Waals surface area contributed by atoms with Gasteiger partial charge in [0, 0.05) is 24.4 Å². The van der Waals surface area contributed by atoms with E-state index in [1.54, 1.807) is 37.4 Å². The molecule has 1 aromatic heterocycles. The van der Waals surface area contributed by atoms with Crippen LogP contribution in [0.2, 0.25) is 5.02 Å².